The van der Waals surface area contributed by atoms with E-state index in [9.17, 15) is 0 Å². The van der Waals surface area contributed by atoms with Crippen LogP contribution in [0.2, 0.25) is 0 Å². The highest BCUT2D eigenvalue weighted by atomic mass is 15.1. The van der Waals surface area contributed by atoms with E-state index < -0.39 is 0 Å². The van der Waals surface area contributed by atoms with Gasteiger partial charge in [-0.3, -0.25) is 0 Å². The van der Waals surface area contributed by atoms with Gasteiger partial charge in [0.2, 0.25) is 0 Å². The second-order valence-electron chi connectivity index (χ2n) is 5.20. The molecular weight excluding hydrogens is 248 g/mol. The standard InChI is InChI=1S/C16H16N4/c1-20-14-8-4-10-18-15(14)19-16(20)12-5-2-7-13-11(12)6-3-9-17-13/h2,4-5,7-8,10,17H,3,6,9H2,1H3. The summed E-state index contributed by atoms with van der Waals surface area (Å²) >= 11 is 0. The smallest absolute Gasteiger partial charge is 0.178 e. The molecule has 0 spiro atoms. The maximum absolute atomic E-state index is 4.71. The second kappa shape index (κ2) is 4.34. The molecule has 1 aliphatic heterocycles. The van der Waals surface area contributed by atoms with Crippen molar-refractivity contribution in [2.75, 3.05) is 11.9 Å². The van der Waals surface area contributed by atoms with Crippen molar-refractivity contribution < 1.29 is 0 Å². The SMILES string of the molecule is Cn1c(-c2cccc3c2CCCN3)nc2ncccc21. The van der Waals surface area contributed by atoms with Crippen LogP contribution in [0.25, 0.3) is 22.6 Å². The van der Waals surface area contributed by atoms with E-state index in [0.717, 1.165) is 30.0 Å². The van der Waals surface area contributed by atoms with Crippen LogP contribution in [0.15, 0.2) is 36.5 Å². The van der Waals surface area contributed by atoms with E-state index in [1.165, 1.54) is 23.2 Å². The largest absolute Gasteiger partial charge is 0.385 e. The van der Waals surface area contributed by atoms with Crippen LogP contribution in [-0.2, 0) is 13.5 Å². The first-order valence-electron chi connectivity index (χ1n) is 6.98. The van der Waals surface area contributed by atoms with Crippen LogP contribution in [0.1, 0.15) is 12.0 Å². The van der Waals surface area contributed by atoms with Crippen LogP contribution in [0, 0.1) is 0 Å². The zero-order valence-electron chi connectivity index (χ0n) is 11.4. The molecule has 4 nitrogen and oxygen atoms in total. The molecule has 0 atom stereocenters. The van der Waals surface area contributed by atoms with Gasteiger partial charge in [-0.2, -0.15) is 0 Å². The van der Waals surface area contributed by atoms with Crippen LogP contribution in [0.3, 0.4) is 0 Å². The van der Waals surface area contributed by atoms with Gasteiger partial charge in [0.15, 0.2) is 5.65 Å². The van der Waals surface area contributed by atoms with Crippen molar-refractivity contribution in [2.24, 2.45) is 7.05 Å². The summed E-state index contributed by atoms with van der Waals surface area (Å²) in [6.07, 6.45) is 4.07. The summed E-state index contributed by atoms with van der Waals surface area (Å²) < 4.78 is 2.13. The number of rotatable bonds is 1. The maximum atomic E-state index is 4.71. The molecule has 1 N–H and O–H groups in total. The summed E-state index contributed by atoms with van der Waals surface area (Å²) in [7, 11) is 2.06. The number of pyridine rings is 1. The number of aromatic nitrogens is 3. The van der Waals surface area contributed by atoms with Crippen LogP contribution in [-0.4, -0.2) is 21.1 Å². The minimum atomic E-state index is 0.811. The number of benzene rings is 1. The molecule has 0 bridgehead atoms. The van der Waals surface area contributed by atoms with Crippen LogP contribution >= 0.6 is 0 Å². The molecule has 0 amide bonds. The Morgan fingerprint density at radius 3 is 3.05 bits per heavy atom. The zero-order valence-corrected chi connectivity index (χ0v) is 11.4. The predicted molar refractivity (Wildman–Crippen MR) is 80.8 cm³/mol. The summed E-state index contributed by atoms with van der Waals surface area (Å²) in [5, 5.41) is 3.47. The minimum Gasteiger partial charge on any atom is -0.385 e. The average Bonchev–Trinajstić information content (AvgIpc) is 2.84. The Morgan fingerprint density at radius 1 is 1.20 bits per heavy atom. The van der Waals surface area contributed by atoms with E-state index >= 15 is 0 Å². The number of imidazole rings is 1. The lowest BCUT2D eigenvalue weighted by Crippen LogP contribution is -2.13. The number of nitrogens with one attached hydrogen (secondary N) is 1. The van der Waals surface area contributed by atoms with Gasteiger partial charge in [0.05, 0.1) is 5.52 Å². The van der Waals surface area contributed by atoms with Crippen molar-refractivity contribution in [2.45, 2.75) is 12.8 Å². The zero-order chi connectivity index (χ0) is 13.5. The molecule has 1 aromatic carbocycles. The van der Waals surface area contributed by atoms with E-state index in [0.29, 0.717) is 0 Å². The monoisotopic (exact) mass is 264 g/mol. The van der Waals surface area contributed by atoms with E-state index in [1.54, 1.807) is 6.20 Å². The highest BCUT2D eigenvalue weighted by Crippen LogP contribution is 2.32. The van der Waals surface area contributed by atoms with Crippen LogP contribution in [0.5, 0.6) is 0 Å². The van der Waals surface area contributed by atoms with E-state index in [4.69, 9.17) is 4.98 Å². The first-order chi connectivity index (χ1) is 9.84. The molecule has 2 aromatic heterocycles. The summed E-state index contributed by atoms with van der Waals surface area (Å²) in [5.41, 5.74) is 5.72. The Hall–Kier alpha value is -2.36. The number of fused-ring (bicyclic) bond motifs is 2. The van der Waals surface area contributed by atoms with Crippen molar-refractivity contribution in [3.05, 3.63) is 42.1 Å². The highest BCUT2D eigenvalue weighted by Gasteiger charge is 2.17. The van der Waals surface area contributed by atoms with Crippen molar-refractivity contribution in [1.82, 2.24) is 14.5 Å². The molecule has 0 aliphatic carbocycles. The van der Waals surface area contributed by atoms with Crippen LogP contribution in [0.4, 0.5) is 5.69 Å². The molecule has 0 saturated carbocycles. The normalized spacial score (nSPS) is 14.1. The van der Waals surface area contributed by atoms with Gasteiger partial charge in [-0.05, 0) is 36.6 Å². The highest BCUT2D eigenvalue weighted by molar-refractivity contribution is 5.80. The van der Waals surface area contributed by atoms with Crippen molar-refractivity contribution >= 4 is 16.9 Å². The van der Waals surface area contributed by atoms with Gasteiger partial charge in [0.25, 0.3) is 0 Å². The summed E-state index contributed by atoms with van der Waals surface area (Å²) in [5.74, 6) is 0.999. The lowest BCUT2D eigenvalue weighted by molar-refractivity contribution is 0.828. The molecule has 4 heteroatoms. The lowest BCUT2D eigenvalue weighted by atomic mass is 9.97. The fraction of sp³-hybridized carbons (Fsp3) is 0.250. The lowest BCUT2D eigenvalue weighted by Gasteiger charge is -2.20. The third-order valence-corrected chi connectivity index (χ3v) is 3.99. The molecule has 0 radical (unpaired) electrons. The van der Waals surface area contributed by atoms with Gasteiger partial charge < -0.3 is 9.88 Å². The van der Waals surface area contributed by atoms with Gasteiger partial charge in [-0.25, -0.2) is 9.97 Å². The Labute approximate surface area is 117 Å². The topological polar surface area (TPSA) is 42.7 Å². The Kier molecular flexibility index (Phi) is 2.49. The second-order valence-corrected chi connectivity index (χ2v) is 5.20. The van der Waals surface area contributed by atoms with Crippen molar-refractivity contribution in [3.63, 3.8) is 0 Å². The van der Waals surface area contributed by atoms with E-state index in [2.05, 4.69) is 46.2 Å². The van der Waals surface area contributed by atoms with Gasteiger partial charge in [0, 0.05) is 31.0 Å². The molecule has 3 heterocycles. The Balaban J connectivity index is 1.98. The molecular formula is C16H16N4. The minimum absolute atomic E-state index is 0.811. The summed E-state index contributed by atoms with van der Waals surface area (Å²) in [6, 6.07) is 10.4. The van der Waals surface area contributed by atoms with Crippen molar-refractivity contribution in [1.29, 1.82) is 0 Å². The van der Waals surface area contributed by atoms with Crippen LogP contribution < -0.4 is 5.32 Å². The number of anilines is 1. The molecule has 0 unspecified atom stereocenters. The maximum Gasteiger partial charge on any atom is 0.178 e. The third kappa shape index (κ3) is 1.61. The van der Waals surface area contributed by atoms with Gasteiger partial charge in [0.1, 0.15) is 5.82 Å². The molecule has 4 rings (SSSR count). The Morgan fingerprint density at radius 2 is 2.15 bits per heavy atom. The number of hydrogen-bond acceptors (Lipinski definition) is 3. The first kappa shape index (κ1) is 11.5. The molecule has 3 aromatic rings. The molecule has 100 valence electrons. The summed E-state index contributed by atoms with van der Waals surface area (Å²) in [6.45, 7) is 1.06. The predicted octanol–water partition coefficient (Wildman–Crippen LogP) is 2.99. The fourth-order valence-electron chi connectivity index (χ4n) is 2.99. The molecule has 20 heavy (non-hydrogen) atoms. The first-order valence-corrected chi connectivity index (χ1v) is 6.98. The number of hydrogen-bond donors (Lipinski definition) is 1. The molecule has 1 aliphatic rings. The molecule has 0 fully saturated rings. The summed E-state index contributed by atoms with van der Waals surface area (Å²) in [4.78, 5) is 9.07. The third-order valence-electron chi connectivity index (χ3n) is 3.99. The number of nitrogens with zero attached hydrogens (tertiary/aromatic N) is 3. The van der Waals surface area contributed by atoms with Gasteiger partial charge >= 0.3 is 0 Å². The van der Waals surface area contributed by atoms with Crippen molar-refractivity contribution in [3.8, 4) is 11.4 Å². The quantitative estimate of drug-likeness (QED) is 0.734. The molecule has 0 saturated heterocycles. The fourth-order valence-corrected chi connectivity index (χ4v) is 2.99. The Bertz CT molecular complexity index is 788. The number of aryl methyl sites for hydroxylation is 1. The van der Waals surface area contributed by atoms with E-state index in [-0.39, 0.29) is 0 Å². The van der Waals surface area contributed by atoms with Gasteiger partial charge in [-0.1, -0.05) is 12.1 Å². The van der Waals surface area contributed by atoms with Gasteiger partial charge in [-0.15, -0.1) is 0 Å². The van der Waals surface area contributed by atoms with E-state index in [1.807, 2.05) is 6.07 Å². The average molecular weight is 264 g/mol.